The van der Waals surface area contributed by atoms with Gasteiger partial charge in [-0.3, -0.25) is 0 Å². The number of nitrogens with zero attached hydrogens (tertiary/aromatic N) is 2. The Hall–Kier alpha value is -1.93. The molecule has 1 N–H and O–H groups in total. The van der Waals surface area contributed by atoms with Crippen LogP contribution in [0.2, 0.25) is 20.1 Å². The van der Waals surface area contributed by atoms with E-state index in [1.807, 2.05) is 18.2 Å². The van der Waals surface area contributed by atoms with Gasteiger partial charge in [-0.25, -0.2) is 0 Å². The minimum atomic E-state index is -0.437. The Morgan fingerprint density at radius 1 is 0.636 bits per heavy atom. The number of halogens is 5. The zero-order valence-corrected chi connectivity index (χ0v) is 34.0. The molecule has 4 saturated carbocycles. The largest absolute Gasteiger partial charge is 0.393 e. The van der Waals surface area contributed by atoms with Gasteiger partial charge in [0.15, 0.2) is 11.6 Å². The monoisotopic (exact) mass is 854 g/mol. The number of aromatic nitrogens is 2. The Bertz CT molecular complexity index is 1910. The first-order valence-corrected chi connectivity index (χ1v) is 21.0. The average molecular weight is 857 g/mol. The highest BCUT2D eigenvalue weighted by Crippen LogP contribution is 2.48. The highest BCUT2D eigenvalue weighted by Gasteiger charge is 2.45. The molecule has 55 heavy (non-hydrogen) atoms. The predicted molar refractivity (Wildman–Crippen MR) is 209 cm³/mol. The molecule has 15 heteroatoms. The lowest BCUT2D eigenvalue weighted by Crippen LogP contribution is -2.27. The van der Waals surface area contributed by atoms with Crippen LogP contribution < -0.4 is 0 Å². The van der Waals surface area contributed by atoms with Crippen LogP contribution in [0.1, 0.15) is 98.7 Å². The summed E-state index contributed by atoms with van der Waals surface area (Å²) in [6.45, 7) is 3.13. The second kappa shape index (κ2) is 17.1. The molecule has 2 saturated heterocycles. The van der Waals surface area contributed by atoms with E-state index in [-0.39, 0.29) is 18.0 Å². The zero-order chi connectivity index (χ0) is 38.2. The van der Waals surface area contributed by atoms with Crippen LogP contribution in [-0.4, -0.2) is 65.6 Å². The summed E-state index contributed by atoms with van der Waals surface area (Å²) < 4.78 is 39.7. The molecule has 10 rings (SSSR count). The summed E-state index contributed by atoms with van der Waals surface area (Å²) in [5.41, 5.74) is 4.64. The van der Waals surface area contributed by atoms with Crippen molar-refractivity contribution in [2.45, 2.75) is 112 Å². The number of aliphatic hydroxyl groups is 1. The normalized spacial score (nSPS) is 23.6. The van der Waals surface area contributed by atoms with E-state index in [0.717, 1.165) is 80.4 Å². The maximum Gasteiger partial charge on any atom is 0.171 e. The third-order valence-electron chi connectivity index (χ3n) is 10.9. The molecular weight excluding hydrogens is 814 g/mol. The summed E-state index contributed by atoms with van der Waals surface area (Å²) >= 11 is 31.2. The van der Waals surface area contributed by atoms with Crippen molar-refractivity contribution in [1.82, 2.24) is 10.3 Å². The lowest BCUT2D eigenvalue weighted by Gasteiger charge is -2.21. The Morgan fingerprint density at radius 3 is 1.55 bits per heavy atom. The van der Waals surface area contributed by atoms with Crippen molar-refractivity contribution in [2.24, 2.45) is 0 Å². The molecule has 2 unspecified atom stereocenters. The van der Waals surface area contributed by atoms with Gasteiger partial charge in [0.1, 0.15) is 22.9 Å². The van der Waals surface area contributed by atoms with Gasteiger partial charge in [0.05, 0.1) is 71.2 Å². The first-order valence-electron chi connectivity index (χ1n) is 19.0. The summed E-state index contributed by atoms with van der Waals surface area (Å²) in [4.78, 5) is 0. The number of alkyl halides is 1. The number of rotatable bonds is 8. The number of aliphatic hydroxyl groups excluding tert-OH is 1. The summed E-state index contributed by atoms with van der Waals surface area (Å²) in [5.74, 6) is 2.20. The van der Waals surface area contributed by atoms with Crippen molar-refractivity contribution in [3.63, 3.8) is 0 Å². The van der Waals surface area contributed by atoms with Crippen LogP contribution >= 0.6 is 58.0 Å². The van der Waals surface area contributed by atoms with E-state index in [9.17, 15) is 5.11 Å². The van der Waals surface area contributed by atoms with Gasteiger partial charge < -0.3 is 37.8 Å². The third kappa shape index (κ3) is 8.91. The van der Waals surface area contributed by atoms with Crippen molar-refractivity contribution in [1.29, 1.82) is 0 Å². The van der Waals surface area contributed by atoms with Gasteiger partial charge in [-0.1, -0.05) is 68.8 Å². The highest BCUT2D eigenvalue weighted by atomic mass is 35.5. The molecule has 2 aromatic carbocycles. The summed E-state index contributed by atoms with van der Waals surface area (Å²) in [5, 5.41) is 19.9. The molecule has 4 heterocycles. The van der Waals surface area contributed by atoms with Crippen LogP contribution in [0.5, 0.6) is 0 Å². The molecule has 4 aliphatic carbocycles. The zero-order valence-electron chi connectivity index (χ0n) is 30.2. The lowest BCUT2D eigenvalue weighted by molar-refractivity contribution is -0.157. The van der Waals surface area contributed by atoms with Crippen molar-refractivity contribution in [3.8, 4) is 22.5 Å². The number of ether oxygens (including phenoxy) is 5. The fourth-order valence-electron chi connectivity index (χ4n) is 7.83. The van der Waals surface area contributed by atoms with Crippen LogP contribution in [0, 0.1) is 0 Å². The molecule has 296 valence electrons. The SMILES string of the molecule is ClCc1c(-c2c(Cl)cccc2Cl)noc1C1CC1.Clc1cccc(Cl)c1-c1noc(C2CC2)c1COC1CCC2(C1)OCCO2.OC1CCC2(C1)OCCO2. The van der Waals surface area contributed by atoms with Crippen molar-refractivity contribution in [2.75, 3.05) is 26.4 Å². The van der Waals surface area contributed by atoms with Gasteiger partial charge in [0.25, 0.3) is 0 Å². The number of hydrogen-bond donors (Lipinski definition) is 1. The standard InChI is InChI=1S/C20H21Cl2NO4.C13H10Cl3NO.C7H12O3/c21-15-2-1-3-16(22)17(15)18-14(19(27-23-18)12-4-5-12)11-24-13-6-7-20(10-13)25-8-9-26-20;14-6-8-12(17-18-13(8)7-4-5-7)11-9(15)2-1-3-10(11)16;8-6-1-2-7(5-6)9-3-4-10-7/h1-3,12-13H,4-11H2;1-3,7H,4-6H2;6,8H,1-5H2. The topological polar surface area (TPSA) is 118 Å². The third-order valence-corrected chi connectivity index (χ3v) is 12.5. The van der Waals surface area contributed by atoms with Gasteiger partial charge in [-0.15, -0.1) is 11.6 Å². The quantitative estimate of drug-likeness (QED) is 0.172. The van der Waals surface area contributed by atoms with Gasteiger partial charge in [-0.2, -0.15) is 0 Å². The maximum absolute atomic E-state index is 9.19. The van der Waals surface area contributed by atoms with Crippen LogP contribution in [0.15, 0.2) is 45.4 Å². The van der Waals surface area contributed by atoms with E-state index in [2.05, 4.69) is 10.3 Å². The first kappa shape index (κ1) is 39.9. The van der Waals surface area contributed by atoms with Gasteiger partial charge >= 0.3 is 0 Å². The Kier molecular flexibility index (Phi) is 12.4. The van der Waals surface area contributed by atoms with E-state index < -0.39 is 5.79 Å². The Labute approximate surface area is 344 Å². The molecule has 6 aliphatic rings. The highest BCUT2D eigenvalue weighted by molar-refractivity contribution is 6.39. The van der Waals surface area contributed by atoms with Crippen LogP contribution in [0.25, 0.3) is 22.5 Å². The minimum Gasteiger partial charge on any atom is -0.393 e. The summed E-state index contributed by atoms with van der Waals surface area (Å²) in [6.07, 6.45) is 9.28. The average Bonchev–Trinajstić information content (AvgIpc) is 3.77. The molecule has 2 atom stereocenters. The molecular formula is C40H43Cl5N2O8. The van der Waals surface area contributed by atoms with Gasteiger partial charge in [0.2, 0.25) is 0 Å². The molecule has 2 aliphatic heterocycles. The second-order valence-electron chi connectivity index (χ2n) is 14.9. The maximum atomic E-state index is 9.19. The molecule has 0 amide bonds. The van der Waals surface area contributed by atoms with Crippen molar-refractivity contribution in [3.05, 3.63) is 79.1 Å². The lowest BCUT2D eigenvalue weighted by atomic mass is 10.0. The van der Waals surface area contributed by atoms with E-state index in [1.165, 1.54) is 0 Å². The molecule has 6 fully saturated rings. The van der Waals surface area contributed by atoms with E-state index in [0.29, 0.717) is 99.8 Å². The van der Waals surface area contributed by atoms with Gasteiger partial charge in [0, 0.05) is 59.8 Å². The summed E-state index contributed by atoms with van der Waals surface area (Å²) in [7, 11) is 0. The molecule has 2 spiro atoms. The molecule has 10 nitrogen and oxygen atoms in total. The Balaban J connectivity index is 0.000000130. The van der Waals surface area contributed by atoms with Crippen molar-refractivity contribution < 1.29 is 37.8 Å². The Morgan fingerprint density at radius 2 is 1.09 bits per heavy atom. The van der Waals surface area contributed by atoms with E-state index in [4.69, 9.17) is 90.7 Å². The molecule has 2 aromatic heterocycles. The van der Waals surface area contributed by atoms with E-state index >= 15 is 0 Å². The van der Waals surface area contributed by atoms with Crippen LogP contribution in [0.4, 0.5) is 0 Å². The molecule has 0 bridgehead atoms. The fourth-order valence-corrected chi connectivity index (χ4v) is 9.24. The van der Waals surface area contributed by atoms with Crippen LogP contribution in [0.3, 0.4) is 0 Å². The smallest absolute Gasteiger partial charge is 0.171 e. The molecule has 0 radical (unpaired) electrons. The van der Waals surface area contributed by atoms with Crippen LogP contribution in [-0.2, 0) is 36.2 Å². The summed E-state index contributed by atoms with van der Waals surface area (Å²) in [6, 6.07) is 10.8. The first-order chi connectivity index (χ1) is 26.7. The minimum absolute atomic E-state index is 0.0969. The van der Waals surface area contributed by atoms with Crippen molar-refractivity contribution >= 4 is 58.0 Å². The second-order valence-corrected chi connectivity index (χ2v) is 16.8. The van der Waals surface area contributed by atoms with Gasteiger partial charge in [-0.05, 0) is 62.8 Å². The fraction of sp³-hybridized carbons (Fsp3) is 0.550. The van der Waals surface area contributed by atoms with E-state index in [1.54, 1.807) is 18.2 Å². The predicted octanol–water partition coefficient (Wildman–Crippen LogP) is 10.9. The number of benzene rings is 2. The number of hydrogen-bond acceptors (Lipinski definition) is 10. The molecule has 4 aromatic rings.